The van der Waals surface area contributed by atoms with Crippen LogP contribution in [0.15, 0.2) is 29.4 Å². The van der Waals surface area contributed by atoms with E-state index in [9.17, 15) is 4.79 Å². The number of nitrogens with zero attached hydrogens (tertiary/aromatic N) is 5. The number of hydrogen-bond acceptors (Lipinski definition) is 6. The van der Waals surface area contributed by atoms with E-state index in [1.807, 2.05) is 37.3 Å². The molecule has 0 spiro atoms. The smallest absolute Gasteiger partial charge is 0.232 e. The van der Waals surface area contributed by atoms with Crippen LogP contribution in [-0.4, -0.2) is 45.0 Å². The van der Waals surface area contributed by atoms with E-state index in [1.54, 1.807) is 7.05 Å². The second-order valence-electron chi connectivity index (χ2n) is 5.05. The quantitative estimate of drug-likeness (QED) is 0.635. The molecule has 23 heavy (non-hydrogen) atoms. The van der Waals surface area contributed by atoms with Gasteiger partial charge in [-0.25, -0.2) is 4.68 Å². The fraction of sp³-hybridized carbons (Fsp3) is 0.333. The molecule has 8 heteroatoms. The highest BCUT2D eigenvalue weighted by molar-refractivity contribution is 7.99. The lowest BCUT2D eigenvalue weighted by Crippen LogP contribution is -2.29. The fourth-order valence-corrected chi connectivity index (χ4v) is 2.65. The Morgan fingerprint density at radius 2 is 2.09 bits per heavy atom. The van der Waals surface area contributed by atoms with Crippen molar-refractivity contribution in [3.8, 4) is 17.5 Å². The zero-order valence-corrected chi connectivity index (χ0v) is 13.9. The summed E-state index contributed by atoms with van der Waals surface area (Å²) in [5.41, 5.74) is 2.02. The third kappa shape index (κ3) is 4.23. The maximum absolute atomic E-state index is 11.9. The Bertz CT molecular complexity index is 719. The predicted octanol–water partition coefficient (Wildman–Crippen LogP) is 1.43. The lowest BCUT2D eigenvalue weighted by atomic mass is 10.1. The van der Waals surface area contributed by atoms with Gasteiger partial charge in [0.1, 0.15) is 0 Å². The highest BCUT2D eigenvalue weighted by Crippen LogP contribution is 2.22. The molecule has 0 aliphatic carbocycles. The van der Waals surface area contributed by atoms with Gasteiger partial charge in [0.05, 0.1) is 18.2 Å². The van der Waals surface area contributed by atoms with Gasteiger partial charge in [-0.15, -0.1) is 10.2 Å². The standard InChI is InChI=1S/C15H18N6OS/c1-11-4-6-12(7-5-11)14-18-19-15(21(14)17)23-10-13(22)20(2)9-3-8-16/h4-7H,3,9-10,17H2,1-2H3. The van der Waals surface area contributed by atoms with Gasteiger partial charge in [0.25, 0.3) is 0 Å². The number of hydrogen-bond donors (Lipinski definition) is 1. The van der Waals surface area contributed by atoms with E-state index >= 15 is 0 Å². The third-order valence-corrected chi connectivity index (χ3v) is 4.21. The molecule has 120 valence electrons. The van der Waals surface area contributed by atoms with Crippen LogP contribution < -0.4 is 5.84 Å². The monoisotopic (exact) mass is 330 g/mol. The molecular formula is C15H18N6OS. The predicted molar refractivity (Wildman–Crippen MR) is 88.9 cm³/mol. The Balaban J connectivity index is 2.01. The molecule has 0 aliphatic heterocycles. The normalized spacial score (nSPS) is 10.3. The molecule has 0 saturated heterocycles. The van der Waals surface area contributed by atoms with E-state index < -0.39 is 0 Å². The lowest BCUT2D eigenvalue weighted by molar-refractivity contribution is -0.127. The summed E-state index contributed by atoms with van der Waals surface area (Å²) < 4.78 is 1.39. The molecule has 1 aromatic carbocycles. The molecule has 0 fully saturated rings. The number of nitriles is 1. The minimum Gasteiger partial charge on any atom is -0.344 e. The van der Waals surface area contributed by atoms with Crippen LogP contribution >= 0.6 is 11.8 Å². The van der Waals surface area contributed by atoms with Crippen molar-refractivity contribution in [1.82, 2.24) is 19.8 Å². The second kappa shape index (κ2) is 7.65. The third-order valence-electron chi connectivity index (χ3n) is 3.28. The number of carbonyl (C=O) groups is 1. The van der Waals surface area contributed by atoms with E-state index in [4.69, 9.17) is 11.1 Å². The van der Waals surface area contributed by atoms with Crippen molar-refractivity contribution in [2.24, 2.45) is 0 Å². The van der Waals surface area contributed by atoms with Crippen molar-refractivity contribution in [1.29, 1.82) is 5.26 Å². The molecule has 0 atom stereocenters. The molecule has 0 radical (unpaired) electrons. The van der Waals surface area contributed by atoms with E-state index in [-0.39, 0.29) is 11.7 Å². The van der Waals surface area contributed by atoms with Gasteiger partial charge in [0.2, 0.25) is 11.1 Å². The first-order valence-electron chi connectivity index (χ1n) is 7.04. The summed E-state index contributed by atoms with van der Waals surface area (Å²) in [5.74, 6) is 6.69. The van der Waals surface area contributed by atoms with Crippen LogP contribution in [-0.2, 0) is 4.79 Å². The molecule has 1 aromatic heterocycles. The molecular weight excluding hydrogens is 312 g/mol. The van der Waals surface area contributed by atoms with Crippen molar-refractivity contribution in [3.63, 3.8) is 0 Å². The van der Waals surface area contributed by atoms with Crippen molar-refractivity contribution < 1.29 is 4.79 Å². The topological polar surface area (TPSA) is 101 Å². The van der Waals surface area contributed by atoms with Gasteiger partial charge in [-0.1, -0.05) is 41.6 Å². The SMILES string of the molecule is Cc1ccc(-c2nnc(SCC(=O)N(C)CCC#N)n2N)cc1. The van der Waals surface area contributed by atoms with E-state index in [0.717, 1.165) is 11.1 Å². The maximum Gasteiger partial charge on any atom is 0.232 e. The van der Waals surface area contributed by atoms with Crippen LogP contribution in [0.2, 0.25) is 0 Å². The Morgan fingerprint density at radius 3 is 2.74 bits per heavy atom. The van der Waals surface area contributed by atoms with Gasteiger partial charge in [0.15, 0.2) is 5.82 Å². The molecule has 1 amide bonds. The Hall–Kier alpha value is -2.53. The number of thioether (sulfide) groups is 1. The molecule has 0 bridgehead atoms. The molecule has 0 unspecified atom stereocenters. The maximum atomic E-state index is 11.9. The van der Waals surface area contributed by atoms with Crippen molar-refractivity contribution in [2.45, 2.75) is 18.5 Å². The van der Waals surface area contributed by atoms with E-state index in [0.29, 0.717) is 23.9 Å². The van der Waals surface area contributed by atoms with E-state index in [1.165, 1.54) is 21.3 Å². The molecule has 7 nitrogen and oxygen atoms in total. The first-order valence-corrected chi connectivity index (χ1v) is 8.02. The largest absolute Gasteiger partial charge is 0.344 e. The summed E-state index contributed by atoms with van der Waals surface area (Å²) in [4.78, 5) is 13.5. The van der Waals surface area contributed by atoms with Crippen molar-refractivity contribution in [2.75, 3.05) is 25.2 Å². The van der Waals surface area contributed by atoms with Crippen LogP contribution in [0.4, 0.5) is 0 Å². The van der Waals surface area contributed by atoms with Crippen molar-refractivity contribution >= 4 is 17.7 Å². The highest BCUT2D eigenvalue weighted by atomic mass is 32.2. The average Bonchev–Trinajstić information content (AvgIpc) is 2.92. The number of amides is 1. The number of nitrogens with two attached hydrogens (primary N) is 1. The Labute approximate surface area is 139 Å². The highest BCUT2D eigenvalue weighted by Gasteiger charge is 2.15. The first kappa shape index (κ1) is 16.8. The summed E-state index contributed by atoms with van der Waals surface area (Å²) in [6.07, 6.45) is 0.317. The number of benzene rings is 1. The molecule has 2 rings (SSSR count). The summed E-state index contributed by atoms with van der Waals surface area (Å²) >= 11 is 1.23. The van der Waals surface area contributed by atoms with Crippen molar-refractivity contribution in [3.05, 3.63) is 29.8 Å². The molecule has 1 heterocycles. The Kier molecular flexibility index (Phi) is 5.60. The minimum atomic E-state index is -0.0786. The zero-order valence-electron chi connectivity index (χ0n) is 13.1. The van der Waals surface area contributed by atoms with Crippen LogP contribution in [0.5, 0.6) is 0 Å². The molecule has 0 aliphatic rings. The zero-order chi connectivity index (χ0) is 16.8. The number of carbonyl (C=O) groups excluding carboxylic acids is 1. The van der Waals surface area contributed by atoms with Crippen LogP contribution in [0.25, 0.3) is 11.4 Å². The molecule has 2 N–H and O–H groups in total. The number of nitrogen functional groups attached to an aromatic ring is 1. The van der Waals surface area contributed by atoms with Crippen LogP contribution in [0.3, 0.4) is 0 Å². The Morgan fingerprint density at radius 1 is 1.39 bits per heavy atom. The average molecular weight is 330 g/mol. The van der Waals surface area contributed by atoms with E-state index in [2.05, 4.69) is 10.2 Å². The lowest BCUT2D eigenvalue weighted by Gasteiger charge is -2.14. The van der Waals surface area contributed by atoms with Gasteiger partial charge in [-0.3, -0.25) is 4.79 Å². The summed E-state index contributed by atoms with van der Waals surface area (Å²) in [5, 5.41) is 17.1. The van der Waals surface area contributed by atoms with Gasteiger partial charge >= 0.3 is 0 Å². The summed E-state index contributed by atoms with van der Waals surface area (Å²) in [7, 11) is 1.67. The fourth-order valence-electron chi connectivity index (χ4n) is 1.85. The molecule has 0 saturated carbocycles. The van der Waals surface area contributed by atoms with Gasteiger partial charge in [-0.2, -0.15) is 5.26 Å². The van der Waals surface area contributed by atoms with Gasteiger partial charge in [-0.05, 0) is 6.92 Å². The summed E-state index contributed by atoms with van der Waals surface area (Å²) in [6.45, 7) is 2.42. The number of aryl methyl sites for hydroxylation is 1. The molecule has 2 aromatic rings. The van der Waals surface area contributed by atoms with Crippen LogP contribution in [0.1, 0.15) is 12.0 Å². The van der Waals surface area contributed by atoms with Crippen LogP contribution in [0, 0.1) is 18.3 Å². The summed E-state index contributed by atoms with van der Waals surface area (Å²) in [6, 6.07) is 9.83. The minimum absolute atomic E-state index is 0.0786. The second-order valence-corrected chi connectivity index (χ2v) is 6.00. The van der Waals surface area contributed by atoms with Gasteiger partial charge in [0, 0.05) is 19.2 Å². The first-order chi connectivity index (χ1) is 11.0. The number of aromatic nitrogens is 3. The van der Waals surface area contributed by atoms with Gasteiger partial charge < -0.3 is 10.7 Å². The number of rotatable bonds is 6.